The lowest BCUT2D eigenvalue weighted by molar-refractivity contribution is -0.149. The fourth-order valence-electron chi connectivity index (χ4n) is 1.79. The summed E-state index contributed by atoms with van der Waals surface area (Å²) in [6, 6.07) is 9.55. The van der Waals surface area contributed by atoms with Gasteiger partial charge in [-0.15, -0.1) is 11.8 Å². The lowest BCUT2D eigenvalue weighted by atomic mass is 10.2. The highest BCUT2D eigenvalue weighted by molar-refractivity contribution is 7.99. The van der Waals surface area contributed by atoms with Crippen molar-refractivity contribution >= 4 is 23.6 Å². The van der Waals surface area contributed by atoms with Crippen molar-refractivity contribution in [1.82, 2.24) is 10.4 Å². The van der Waals surface area contributed by atoms with E-state index in [-0.39, 0.29) is 23.7 Å². The first-order valence-corrected chi connectivity index (χ1v) is 7.26. The van der Waals surface area contributed by atoms with Crippen LogP contribution in [0, 0.1) is 0 Å². The Morgan fingerprint density at radius 2 is 2.21 bits per heavy atom. The Hall–Kier alpha value is -1.53. The van der Waals surface area contributed by atoms with E-state index in [4.69, 9.17) is 4.84 Å². The quantitative estimate of drug-likeness (QED) is 0.627. The van der Waals surface area contributed by atoms with Gasteiger partial charge in [0.25, 0.3) is 5.91 Å². The van der Waals surface area contributed by atoms with Crippen molar-refractivity contribution in [1.29, 1.82) is 0 Å². The van der Waals surface area contributed by atoms with E-state index in [1.165, 1.54) is 0 Å². The van der Waals surface area contributed by atoms with Crippen LogP contribution in [0.3, 0.4) is 0 Å². The minimum Gasteiger partial charge on any atom is -0.321 e. The number of hydrogen-bond donors (Lipinski definition) is 1. The number of benzene rings is 1. The molecule has 1 aromatic rings. The van der Waals surface area contributed by atoms with Crippen LogP contribution < -0.4 is 5.48 Å². The molecule has 0 aromatic heterocycles. The van der Waals surface area contributed by atoms with Crippen LogP contribution >= 0.6 is 11.8 Å². The molecule has 6 heteroatoms. The Bertz CT molecular complexity index is 452. The van der Waals surface area contributed by atoms with Crippen molar-refractivity contribution < 1.29 is 14.4 Å². The summed E-state index contributed by atoms with van der Waals surface area (Å²) >= 11 is 1.57. The molecule has 1 aliphatic heterocycles. The van der Waals surface area contributed by atoms with Gasteiger partial charge in [0, 0.05) is 0 Å². The minimum absolute atomic E-state index is 0.0116. The molecule has 1 fully saturated rings. The van der Waals surface area contributed by atoms with Crippen molar-refractivity contribution in [3.8, 4) is 0 Å². The number of thioether (sulfide) groups is 1. The average Bonchev–Trinajstić information content (AvgIpc) is 2.43. The van der Waals surface area contributed by atoms with Crippen LogP contribution in [0.2, 0.25) is 0 Å². The molecule has 2 rings (SSSR count). The molecule has 0 radical (unpaired) electrons. The van der Waals surface area contributed by atoms with Gasteiger partial charge in [-0.2, -0.15) is 0 Å². The summed E-state index contributed by atoms with van der Waals surface area (Å²) in [5.41, 5.74) is 3.33. The van der Waals surface area contributed by atoms with E-state index in [9.17, 15) is 9.59 Å². The number of hydroxylamine groups is 1. The zero-order chi connectivity index (χ0) is 13.7. The van der Waals surface area contributed by atoms with Gasteiger partial charge in [-0.1, -0.05) is 30.3 Å². The highest BCUT2D eigenvalue weighted by Gasteiger charge is 2.36. The number of carbonyl (C=O) groups excluding carboxylic acids is 2. The van der Waals surface area contributed by atoms with E-state index in [0.29, 0.717) is 13.0 Å². The van der Waals surface area contributed by atoms with E-state index in [0.717, 1.165) is 5.56 Å². The number of amides is 2. The summed E-state index contributed by atoms with van der Waals surface area (Å²) in [6.45, 7) is 0.367. The van der Waals surface area contributed by atoms with Crippen LogP contribution in [0.15, 0.2) is 30.3 Å². The molecule has 5 nitrogen and oxygen atoms in total. The van der Waals surface area contributed by atoms with Crippen molar-refractivity contribution in [2.24, 2.45) is 0 Å². The summed E-state index contributed by atoms with van der Waals surface area (Å²) in [4.78, 5) is 29.6. The third-order valence-corrected chi connectivity index (χ3v) is 3.84. The van der Waals surface area contributed by atoms with Gasteiger partial charge < -0.3 is 4.90 Å². The first-order valence-electron chi connectivity index (χ1n) is 5.97. The van der Waals surface area contributed by atoms with Gasteiger partial charge in [0.1, 0.15) is 6.54 Å². The summed E-state index contributed by atoms with van der Waals surface area (Å²) < 4.78 is 0. The molecule has 0 saturated carbocycles. The van der Waals surface area contributed by atoms with Crippen LogP contribution in [0.25, 0.3) is 0 Å². The molecule has 1 unspecified atom stereocenters. The minimum atomic E-state index is -0.303. The number of carbonyl (C=O) groups is 2. The largest absolute Gasteiger partial charge is 0.321 e. The van der Waals surface area contributed by atoms with Crippen molar-refractivity contribution in [3.63, 3.8) is 0 Å². The molecule has 19 heavy (non-hydrogen) atoms. The fourth-order valence-corrected chi connectivity index (χ4v) is 2.54. The number of β-lactam (4-membered cyclic amide) rings is 1. The van der Waals surface area contributed by atoms with Gasteiger partial charge in [-0.25, -0.2) is 5.48 Å². The Morgan fingerprint density at radius 3 is 2.84 bits per heavy atom. The van der Waals surface area contributed by atoms with Crippen LogP contribution in [0.5, 0.6) is 0 Å². The predicted octanol–water partition coefficient (Wildman–Crippen LogP) is 1.16. The number of nitrogens with one attached hydrogen (secondary N) is 1. The second kappa shape index (κ2) is 6.58. The molecule has 1 N–H and O–H groups in total. The Balaban J connectivity index is 1.69. The Morgan fingerprint density at radius 1 is 1.47 bits per heavy atom. The normalized spacial score (nSPS) is 18.1. The third kappa shape index (κ3) is 3.71. The van der Waals surface area contributed by atoms with Crippen LogP contribution in [0.1, 0.15) is 12.0 Å². The molecule has 0 spiro atoms. The van der Waals surface area contributed by atoms with Gasteiger partial charge in [-0.3, -0.25) is 14.4 Å². The second-order valence-corrected chi connectivity index (χ2v) is 5.23. The predicted molar refractivity (Wildman–Crippen MR) is 73.0 cm³/mol. The molecule has 1 aliphatic rings. The van der Waals surface area contributed by atoms with Crippen LogP contribution in [-0.2, 0) is 21.0 Å². The van der Waals surface area contributed by atoms with Gasteiger partial charge in [0.05, 0.1) is 18.4 Å². The molecule has 1 aromatic carbocycles. The van der Waals surface area contributed by atoms with Crippen LogP contribution in [0.4, 0.5) is 0 Å². The average molecular weight is 280 g/mol. The van der Waals surface area contributed by atoms with Gasteiger partial charge in [0.2, 0.25) is 5.91 Å². The maximum absolute atomic E-state index is 11.6. The summed E-state index contributed by atoms with van der Waals surface area (Å²) in [5.74, 6) is -0.291. The van der Waals surface area contributed by atoms with E-state index < -0.39 is 0 Å². The zero-order valence-electron chi connectivity index (χ0n) is 10.7. The van der Waals surface area contributed by atoms with E-state index in [2.05, 4.69) is 5.48 Å². The van der Waals surface area contributed by atoms with E-state index >= 15 is 0 Å². The number of hydrogen-bond acceptors (Lipinski definition) is 4. The SMILES string of the molecule is CSC1CC(=O)N1CC(=O)NOCc1ccccc1. The standard InChI is InChI=1S/C13H16N2O3S/c1-19-13-7-12(17)15(13)8-11(16)14-18-9-10-5-3-2-4-6-10/h2-6,13H,7-9H2,1H3,(H,14,16). The van der Waals surface area contributed by atoms with Crippen molar-refractivity contribution in [2.45, 2.75) is 18.4 Å². The maximum atomic E-state index is 11.6. The molecular weight excluding hydrogens is 264 g/mol. The van der Waals surface area contributed by atoms with E-state index in [1.807, 2.05) is 36.6 Å². The Labute approximate surface area is 116 Å². The zero-order valence-corrected chi connectivity index (χ0v) is 11.5. The molecule has 0 aliphatic carbocycles. The van der Waals surface area contributed by atoms with E-state index in [1.54, 1.807) is 16.7 Å². The third-order valence-electron chi connectivity index (χ3n) is 2.87. The number of rotatable bonds is 6. The summed E-state index contributed by atoms with van der Waals surface area (Å²) in [5, 5.41) is 0.118. The highest BCUT2D eigenvalue weighted by atomic mass is 32.2. The maximum Gasteiger partial charge on any atom is 0.263 e. The topological polar surface area (TPSA) is 58.6 Å². The molecule has 2 amide bonds. The lowest BCUT2D eigenvalue weighted by Gasteiger charge is -2.38. The lowest BCUT2D eigenvalue weighted by Crippen LogP contribution is -2.54. The molecule has 1 atom stereocenters. The first-order chi connectivity index (χ1) is 9.20. The fraction of sp³-hybridized carbons (Fsp3) is 0.385. The monoisotopic (exact) mass is 280 g/mol. The van der Waals surface area contributed by atoms with Crippen molar-refractivity contribution in [2.75, 3.05) is 12.8 Å². The van der Waals surface area contributed by atoms with Crippen LogP contribution in [-0.4, -0.2) is 34.9 Å². The summed E-state index contributed by atoms with van der Waals surface area (Å²) in [6.07, 6.45) is 2.44. The van der Waals surface area contributed by atoms with Crippen molar-refractivity contribution in [3.05, 3.63) is 35.9 Å². The summed E-state index contributed by atoms with van der Waals surface area (Å²) in [7, 11) is 0. The highest BCUT2D eigenvalue weighted by Crippen LogP contribution is 2.26. The molecular formula is C13H16N2O3S. The molecule has 1 saturated heterocycles. The molecule has 1 heterocycles. The Kier molecular flexibility index (Phi) is 4.81. The van der Waals surface area contributed by atoms with Gasteiger partial charge >= 0.3 is 0 Å². The number of nitrogens with zero attached hydrogens (tertiary/aromatic N) is 1. The van der Waals surface area contributed by atoms with Gasteiger partial charge in [-0.05, 0) is 11.8 Å². The molecule has 102 valence electrons. The molecule has 0 bridgehead atoms. The smallest absolute Gasteiger partial charge is 0.263 e. The number of likely N-dealkylation sites (tertiary alicyclic amines) is 1. The second-order valence-electron chi connectivity index (χ2n) is 4.22. The first kappa shape index (κ1) is 13.9. The van der Waals surface area contributed by atoms with Gasteiger partial charge in [0.15, 0.2) is 0 Å².